The van der Waals surface area contributed by atoms with Crippen LogP contribution in [-0.2, 0) is 10.0 Å². The van der Waals surface area contributed by atoms with Crippen LogP contribution >= 0.6 is 11.8 Å². The summed E-state index contributed by atoms with van der Waals surface area (Å²) in [5, 5.41) is 8.78. The van der Waals surface area contributed by atoms with E-state index in [4.69, 9.17) is 5.11 Å². The minimum atomic E-state index is -3.55. The van der Waals surface area contributed by atoms with Gasteiger partial charge in [0.1, 0.15) is 6.61 Å². The number of benzene rings is 1. The molecule has 110 valence electrons. The Balaban J connectivity index is 3.23. The molecule has 0 aliphatic rings. The van der Waals surface area contributed by atoms with E-state index in [1.165, 1.54) is 4.31 Å². The van der Waals surface area contributed by atoms with Crippen LogP contribution < -0.4 is 0 Å². The zero-order chi connectivity index (χ0) is 15.2. The molecule has 0 amide bonds. The van der Waals surface area contributed by atoms with Crippen molar-refractivity contribution in [2.75, 3.05) is 32.2 Å². The molecule has 0 fully saturated rings. The van der Waals surface area contributed by atoms with Crippen molar-refractivity contribution < 1.29 is 13.5 Å². The molecule has 0 aliphatic carbocycles. The summed E-state index contributed by atoms with van der Waals surface area (Å²) in [5.41, 5.74) is 1.35. The molecule has 6 heteroatoms. The van der Waals surface area contributed by atoms with Gasteiger partial charge < -0.3 is 5.11 Å². The maximum absolute atomic E-state index is 12.5. The van der Waals surface area contributed by atoms with E-state index >= 15 is 0 Å². The maximum Gasteiger partial charge on any atom is 0.244 e. The molecule has 1 N–H and O–H groups in total. The molecule has 0 aliphatic heterocycles. The van der Waals surface area contributed by atoms with Gasteiger partial charge in [0.25, 0.3) is 0 Å². The van der Waals surface area contributed by atoms with Gasteiger partial charge in [-0.25, -0.2) is 12.7 Å². The Bertz CT molecular complexity index is 615. The number of aliphatic hydroxyl groups excluding tert-OH is 1. The van der Waals surface area contributed by atoms with Gasteiger partial charge in [-0.2, -0.15) is 11.8 Å². The summed E-state index contributed by atoms with van der Waals surface area (Å²) in [5.74, 6) is 5.95. The maximum atomic E-state index is 12.5. The van der Waals surface area contributed by atoms with Crippen molar-refractivity contribution in [2.45, 2.75) is 11.8 Å². The van der Waals surface area contributed by atoms with E-state index in [0.29, 0.717) is 12.1 Å². The summed E-state index contributed by atoms with van der Waals surface area (Å²) in [4.78, 5) is 0.188. The fraction of sp³-hybridized carbons (Fsp3) is 0.429. The Labute approximate surface area is 125 Å². The molecule has 20 heavy (non-hydrogen) atoms. The highest BCUT2D eigenvalue weighted by Crippen LogP contribution is 2.20. The topological polar surface area (TPSA) is 57.6 Å². The first-order chi connectivity index (χ1) is 9.43. The summed E-state index contributed by atoms with van der Waals surface area (Å²) in [6.07, 6.45) is 1.94. The van der Waals surface area contributed by atoms with Gasteiger partial charge in [0, 0.05) is 24.9 Å². The minimum Gasteiger partial charge on any atom is -0.384 e. The van der Waals surface area contributed by atoms with Crippen LogP contribution in [0, 0.1) is 18.8 Å². The number of thioether (sulfide) groups is 1. The molecule has 0 saturated heterocycles. The Kier molecular flexibility index (Phi) is 6.56. The average Bonchev–Trinajstić information content (AvgIpc) is 2.42. The fourth-order valence-corrected chi connectivity index (χ4v) is 3.48. The SMILES string of the molecule is CSCCN(C)S(=O)(=O)c1ccc(C)cc1C#CCO. The number of hydrogen-bond acceptors (Lipinski definition) is 4. The van der Waals surface area contributed by atoms with Crippen molar-refractivity contribution >= 4 is 21.8 Å². The Morgan fingerprint density at radius 1 is 1.40 bits per heavy atom. The molecule has 1 aromatic rings. The third-order valence-electron chi connectivity index (χ3n) is 2.74. The molecule has 4 nitrogen and oxygen atoms in total. The monoisotopic (exact) mass is 313 g/mol. The molecule has 0 radical (unpaired) electrons. The highest BCUT2D eigenvalue weighted by Gasteiger charge is 2.23. The first-order valence-corrected chi connectivity index (χ1v) is 8.92. The minimum absolute atomic E-state index is 0.188. The Hall–Kier alpha value is -1.00. The summed E-state index contributed by atoms with van der Waals surface area (Å²) in [7, 11) is -1.99. The lowest BCUT2D eigenvalue weighted by atomic mass is 10.1. The number of hydrogen-bond donors (Lipinski definition) is 1. The average molecular weight is 313 g/mol. The summed E-state index contributed by atoms with van der Waals surface area (Å²) >= 11 is 1.59. The van der Waals surface area contributed by atoms with Crippen LogP contribution in [0.2, 0.25) is 0 Å². The van der Waals surface area contributed by atoms with Crippen LogP contribution in [-0.4, -0.2) is 50.0 Å². The Morgan fingerprint density at radius 2 is 2.10 bits per heavy atom. The van der Waals surface area contributed by atoms with E-state index in [0.717, 1.165) is 11.3 Å². The molecule has 0 atom stereocenters. The Morgan fingerprint density at radius 3 is 2.70 bits per heavy atom. The van der Waals surface area contributed by atoms with Gasteiger partial charge in [0.2, 0.25) is 10.0 Å². The van der Waals surface area contributed by atoms with E-state index in [2.05, 4.69) is 11.8 Å². The smallest absolute Gasteiger partial charge is 0.244 e. The predicted molar refractivity (Wildman–Crippen MR) is 83.3 cm³/mol. The van der Waals surface area contributed by atoms with Crippen molar-refractivity contribution in [2.24, 2.45) is 0 Å². The van der Waals surface area contributed by atoms with Gasteiger partial charge in [-0.3, -0.25) is 0 Å². The summed E-state index contributed by atoms with van der Waals surface area (Å²) < 4.78 is 26.4. The first kappa shape index (κ1) is 17.1. The molecular formula is C14H19NO3S2. The second kappa shape index (κ2) is 7.70. The molecule has 0 saturated carbocycles. The zero-order valence-corrected chi connectivity index (χ0v) is 13.5. The van der Waals surface area contributed by atoms with E-state index in [9.17, 15) is 8.42 Å². The quantitative estimate of drug-likeness (QED) is 0.833. The summed E-state index contributed by atoms with van der Waals surface area (Å²) in [6.45, 7) is 2.03. The van der Waals surface area contributed by atoms with Crippen molar-refractivity contribution in [3.63, 3.8) is 0 Å². The fourth-order valence-electron chi connectivity index (χ4n) is 1.61. The van der Waals surface area contributed by atoms with E-state index in [1.807, 2.05) is 13.2 Å². The van der Waals surface area contributed by atoms with Crippen molar-refractivity contribution in [3.8, 4) is 11.8 Å². The number of nitrogens with zero attached hydrogens (tertiary/aromatic N) is 1. The second-order valence-electron chi connectivity index (χ2n) is 4.28. The van der Waals surface area contributed by atoms with Gasteiger partial charge in [-0.15, -0.1) is 0 Å². The van der Waals surface area contributed by atoms with E-state index < -0.39 is 10.0 Å². The van der Waals surface area contributed by atoms with Gasteiger partial charge in [0.05, 0.1) is 4.90 Å². The standard InChI is InChI=1S/C14H19NO3S2/c1-12-6-7-14(13(11-12)5-4-9-16)20(17,18)15(2)8-10-19-3/h6-7,11,16H,8-10H2,1-3H3. The molecular weight excluding hydrogens is 294 g/mol. The van der Waals surface area contributed by atoms with Crippen LogP contribution in [0.5, 0.6) is 0 Å². The van der Waals surface area contributed by atoms with E-state index in [-0.39, 0.29) is 11.5 Å². The number of sulfonamides is 1. The van der Waals surface area contributed by atoms with E-state index in [1.54, 1.807) is 37.0 Å². The van der Waals surface area contributed by atoms with Crippen molar-refractivity contribution in [1.29, 1.82) is 0 Å². The highest BCUT2D eigenvalue weighted by atomic mass is 32.2. The summed E-state index contributed by atoms with van der Waals surface area (Å²) in [6, 6.07) is 5.04. The number of rotatable bonds is 5. The highest BCUT2D eigenvalue weighted by molar-refractivity contribution is 7.98. The van der Waals surface area contributed by atoms with Gasteiger partial charge in [-0.1, -0.05) is 17.9 Å². The molecule has 0 spiro atoms. The lowest BCUT2D eigenvalue weighted by Gasteiger charge is -2.17. The largest absolute Gasteiger partial charge is 0.384 e. The lowest BCUT2D eigenvalue weighted by Crippen LogP contribution is -2.29. The van der Waals surface area contributed by atoms with Crippen molar-refractivity contribution in [1.82, 2.24) is 4.31 Å². The first-order valence-electron chi connectivity index (χ1n) is 6.09. The molecule has 0 aromatic heterocycles. The molecule has 0 bridgehead atoms. The molecule has 0 heterocycles. The predicted octanol–water partition coefficient (Wildman–Crippen LogP) is 1.32. The zero-order valence-electron chi connectivity index (χ0n) is 11.9. The van der Waals surface area contributed by atoms with Crippen LogP contribution in [0.15, 0.2) is 23.1 Å². The third-order valence-corrected chi connectivity index (χ3v) is 5.24. The normalized spacial score (nSPS) is 11.2. The second-order valence-corrected chi connectivity index (χ2v) is 7.28. The third kappa shape index (κ3) is 4.25. The van der Waals surface area contributed by atoms with Gasteiger partial charge in [0.15, 0.2) is 0 Å². The lowest BCUT2D eigenvalue weighted by molar-refractivity contribution is 0.350. The number of aryl methyl sites for hydroxylation is 1. The van der Waals surface area contributed by atoms with Crippen LogP contribution in [0.4, 0.5) is 0 Å². The van der Waals surface area contributed by atoms with Crippen molar-refractivity contribution in [3.05, 3.63) is 29.3 Å². The van der Waals surface area contributed by atoms with Gasteiger partial charge >= 0.3 is 0 Å². The molecule has 1 aromatic carbocycles. The van der Waals surface area contributed by atoms with Gasteiger partial charge in [-0.05, 0) is 30.9 Å². The van der Waals surface area contributed by atoms with Crippen LogP contribution in [0.25, 0.3) is 0 Å². The van der Waals surface area contributed by atoms with Crippen LogP contribution in [0.3, 0.4) is 0 Å². The molecule has 0 unspecified atom stereocenters. The van der Waals surface area contributed by atoms with Crippen LogP contribution in [0.1, 0.15) is 11.1 Å². The molecule has 1 rings (SSSR count). The number of aliphatic hydroxyl groups is 1.